The monoisotopic (exact) mass is 387 g/mol. The predicted octanol–water partition coefficient (Wildman–Crippen LogP) is 4.95. The molecule has 1 amide bonds. The van der Waals surface area contributed by atoms with Crippen molar-refractivity contribution in [2.75, 3.05) is 7.11 Å². The fourth-order valence-electron chi connectivity index (χ4n) is 3.10. The van der Waals surface area contributed by atoms with Crippen LogP contribution in [0.5, 0.6) is 11.5 Å². The molecule has 1 N–H and O–H groups in total. The lowest BCUT2D eigenvalue weighted by Crippen LogP contribution is -2.22. The van der Waals surface area contributed by atoms with Crippen LogP contribution >= 0.6 is 0 Å². The largest absolute Gasteiger partial charge is 0.496 e. The standard InChI is InChI=1S/C24H21NO4/c1-27-22-9-5-4-8-19(22)15-25-24(26)23-13-12-21(29-23)16-28-20-11-10-17-6-2-3-7-18(17)14-20/h2-14H,15-16H2,1H3,(H,25,26). The smallest absolute Gasteiger partial charge is 0.287 e. The van der Waals surface area contributed by atoms with Gasteiger partial charge in [-0.15, -0.1) is 0 Å². The Bertz CT molecular complexity index is 1130. The Balaban J connectivity index is 1.35. The van der Waals surface area contributed by atoms with Gasteiger partial charge in [-0.3, -0.25) is 4.79 Å². The van der Waals surface area contributed by atoms with Gasteiger partial charge >= 0.3 is 0 Å². The van der Waals surface area contributed by atoms with E-state index in [2.05, 4.69) is 11.4 Å². The van der Waals surface area contributed by atoms with Crippen molar-refractivity contribution in [3.8, 4) is 11.5 Å². The number of ether oxygens (including phenoxy) is 2. The zero-order chi connectivity index (χ0) is 20.1. The van der Waals surface area contributed by atoms with Gasteiger partial charge in [0.05, 0.1) is 7.11 Å². The van der Waals surface area contributed by atoms with E-state index >= 15 is 0 Å². The highest BCUT2D eigenvalue weighted by atomic mass is 16.5. The van der Waals surface area contributed by atoms with E-state index in [9.17, 15) is 4.79 Å². The molecule has 0 unspecified atom stereocenters. The molecular weight excluding hydrogens is 366 g/mol. The summed E-state index contributed by atoms with van der Waals surface area (Å²) in [6, 6.07) is 25.0. The molecule has 0 fully saturated rings. The normalized spacial score (nSPS) is 10.7. The van der Waals surface area contributed by atoms with Crippen LogP contribution in [-0.4, -0.2) is 13.0 Å². The molecule has 0 aliphatic heterocycles. The molecular formula is C24H21NO4. The van der Waals surface area contributed by atoms with Crippen molar-refractivity contribution in [3.05, 3.63) is 95.9 Å². The van der Waals surface area contributed by atoms with Crippen molar-refractivity contribution in [1.29, 1.82) is 0 Å². The predicted molar refractivity (Wildman–Crippen MR) is 111 cm³/mol. The second-order valence-electron chi connectivity index (χ2n) is 6.56. The number of methoxy groups -OCH3 is 1. The van der Waals surface area contributed by atoms with Crippen LogP contribution in [0, 0.1) is 0 Å². The number of amides is 1. The van der Waals surface area contributed by atoms with Crippen LogP contribution in [0.1, 0.15) is 21.9 Å². The summed E-state index contributed by atoms with van der Waals surface area (Å²) in [6.45, 7) is 0.602. The van der Waals surface area contributed by atoms with Gasteiger partial charge in [-0.1, -0.05) is 48.5 Å². The van der Waals surface area contributed by atoms with Gasteiger partial charge in [0.25, 0.3) is 5.91 Å². The number of fused-ring (bicyclic) bond motifs is 1. The Morgan fingerprint density at radius 2 is 1.72 bits per heavy atom. The van der Waals surface area contributed by atoms with E-state index in [1.165, 1.54) is 0 Å². The highest BCUT2D eigenvalue weighted by molar-refractivity contribution is 5.91. The first-order valence-corrected chi connectivity index (χ1v) is 9.33. The van der Waals surface area contributed by atoms with E-state index in [-0.39, 0.29) is 18.3 Å². The highest BCUT2D eigenvalue weighted by Gasteiger charge is 2.12. The molecule has 1 aromatic heterocycles. The van der Waals surface area contributed by atoms with Crippen molar-refractivity contribution in [2.45, 2.75) is 13.2 Å². The SMILES string of the molecule is COc1ccccc1CNC(=O)c1ccc(COc2ccc3ccccc3c2)o1. The lowest BCUT2D eigenvalue weighted by atomic mass is 10.1. The summed E-state index contributed by atoms with van der Waals surface area (Å²) in [5.74, 6) is 2.03. The van der Waals surface area contributed by atoms with Crippen molar-refractivity contribution in [2.24, 2.45) is 0 Å². The molecule has 29 heavy (non-hydrogen) atoms. The lowest BCUT2D eigenvalue weighted by Gasteiger charge is -2.08. The number of rotatable bonds is 7. The molecule has 0 aliphatic carbocycles. The molecule has 5 heteroatoms. The third-order valence-corrected chi connectivity index (χ3v) is 4.62. The van der Waals surface area contributed by atoms with E-state index in [4.69, 9.17) is 13.9 Å². The van der Waals surface area contributed by atoms with Crippen LogP contribution < -0.4 is 14.8 Å². The number of hydrogen-bond acceptors (Lipinski definition) is 4. The van der Waals surface area contributed by atoms with Gasteiger partial charge in [-0.05, 0) is 41.1 Å². The van der Waals surface area contributed by atoms with Crippen LogP contribution in [-0.2, 0) is 13.2 Å². The van der Waals surface area contributed by atoms with E-state index in [0.29, 0.717) is 12.3 Å². The Morgan fingerprint density at radius 3 is 2.59 bits per heavy atom. The van der Waals surface area contributed by atoms with Gasteiger partial charge in [0.15, 0.2) is 5.76 Å². The molecule has 3 aromatic carbocycles. The Morgan fingerprint density at radius 1 is 0.931 bits per heavy atom. The van der Waals surface area contributed by atoms with Gasteiger partial charge in [-0.25, -0.2) is 0 Å². The van der Waals surface area contributed by atoms with Crippen LogP contribution in [0.3, 0.4) is 0 Å². The number of benzene rings is 3. The van der Waals surface area contributed by atoms with E-state index in [1.807, 2.05) is 60.7 Å². The fraction of sp³-hybridized carbons (Fsp3) is 0.125. The van der Waals surface area contributed by atoms with Gasteiger partial charge in [-0.2, -0.15) is 0 Å². The fourth-order valence-corrected chi connectivity index (χ4v) is 3.10. The van der Waals surface area contributed by atoms with Crippen molar-refractivity contribution >= 4 is 16.7 Å². The summed E-state index contributed by atoms with van der Waals surface area (Å²) in [5, 5.41) is 5.11. The second kappa shape index (κ2) is 8.52. The Hall–Kier alpha value is -3.73. The average Bonchev–Trinajstić information content (AvgIpc) is 3.25. The van der Waals surface area contributed by atoms with Gasteiger partial charge in [0.1, 0.15) is 23.9 Å². The first kappa shape index (κ1) is 18.6. The minimum absolute atomic E-state index is 0.247. The van der Waals surface area contributed by atoms with Crippen molar-refractivity contribution in [3.63, 3.8) is 0 Å². The Labute approximate surface area is 168 Å². The van der Waals surface area contributed by atoms with E-state index < -0.39 is 0 Å². The molecule has 0 aliphatic rings. The summed E-state index contributed by atoms with van der Waals surface area (Å²) in [4.78, 5) is 12.4. The zero-order valence-corrected chi connectivity index (χ0v) is 16.1. The van der Waals surface area contributed by atoms with Crippen molar-refractivity contribution in [1.82, 2.24) is 5.32 Å². The maximum Gasteiger partial charge on any atom is 0.287 e. The van der Waals surface area contributed by atoms with Crippen LogP contribution in [0.15, 0.2) is 83.3 Å². The summed E-state index contributed by atoms with van der Waals surface area (Å²) in [6.07, 6.45) is 0. The summed E-state index contributed by atoms with van der Waals surface area (Å²) >= 11 is 0. The summed E-state index contributed by atoms with van der Waals surface area (Å²) < 4.78 is 16.7. The maximum absolute atomic E-state index is 12.4. The molecule has 0 saturated carbocycles. The molecule has 146 valence electrons. The lowest BCUT2D eigenvalue weighted by molar-refractivity contribution is 0.0919. The number of carbonyl (C=O) groups excluding carboxylic acids is 1. The second-order valence-corrected chi connectivity index (χ2v) is 6.56. The molecule has 0 spiro atoms. The van der Waals surface area contributed by atoms with Gasteiger partial charge < -0.3 is 19.2 Å². The third-order valence-electron chi connectivity index (χ3n) is 4.62. The first-order valence-electron chi connectivity index (χ1n) is 9.33. The quantitative estimate of drug-likeness (QED) is 0.487. The van der Waals surface area contributed by atoms with E-state index in [1.54, 1.807) is 19.2 Å². The number of carbonyl (C=O) groups is 1. The van der Waals surface area contributed by atoms with Crippen LogP contribution in [0.4, 0.5) is 0 Å². The molecule has 0 saturated heterocycles. The van der Waals surface area contributed by atoms with Crippen molar-refractivity contribution < 1.29 is 18.7 Å². The number of furan rings is 1. The minimum Gasteiger partial charge on any atom is -0.496 e. The molecule has 1 heterocycles. The molecule has 0 bridgehead atoms. The average molecular weight is 387 g/mol. The number of nitrogens with one attached hydrogen (secondary N) is 1. The molecule has 0 radical (unpaired) electrons. The van der Waals surface area contributed by atoms with Gasteiger partial charge in [0.2, 0.25) is 0 Å². The number of hydrogen-bond donors (Lipinski definition) is 1. The highest BCUT2D eigenvalue weighted by Crippen LogP contribution is 2.22. The van der Waals surface area contributed by atoms with Gasteiger partial charge in [0, 0.05) is 12.1 Å². The topological polar surface area (TPSA) is 60.7 Å². The molecule has 4 aromatic rings. The molecule has 5 nitrogen and oxygen atoms in total. The van der Waals surface area contributed by atoms with Crippen LogP contribution in [0.25, 0.3) is 10.8 Å². The molecule has 0 atom stereocenters. The number of para-hydroxylation sites is 1. The third kappa shape index (κ3) is 4.41. The first-order chi connectivity index (χ1) is 14.2. The van der Waals surface area contributed by atoms with Crippen LogP contribution in [0.2, 0.25) is 0 Å². The Kier molecular flexibility index (Phi) is 5.47. The van der Waals surface area contributed by atoms with E-state index in [0.717, 1.165) is 27.8 Å². The zero-order valence-electron chi connectivity index (χ0n) is 16.1. The summed E-state index contributed by atoms with van der Waals surface area (Å²) in [5.41, 5.74) is 0.898. The minimum atomic E-state index is -0.284. The maximum atomic E-state index is 12.4. The summed E-state index contributed by atoms with van der Waals surface area (Å²) in [7, 11) is 1.61. The molecule has 4 rings (SSSR count).